The largest absolute Gasteiger partial charge is 0.436 e. The van der Waals surface area contributed by atoms with Crippen LogP contribution in [0.25, 0.3) is 79.0 Å². The lowest BCUT2D eigenvalue weighted by Crippen LogP contribution is -2.00. The Morgan fingerprint density at radius 1 is 0.391 bits per heavy atom. The average molecular weight is 613 g/mol. The van der Waals surface area contributed by atoms with Crippen molar-refractivity contribution in [2.45, 2.75) is 0 Å². The van der Waals surface area contributed by atoms with Crippen LogP contribution in [0.15, 0.2) is 156 Å². The average Bonchev–Trinajstić information content (AvgIpc) is 3.57. The van der Waals surface area contributed by atoms with Crippen molar-refractivity contribution in [3.05, 3.63) is 157 Å². The van der Waals surface area contributed by atoms with Gasteiger partial charge in [0.15, 0.2) is 23.1 Å². The zero-order chi connectivity index (χ0) is 30.9. The number of hydrogen-bond acceptors (Lipinski definition) is 5. The smallest absolute Gasteiger partial charge is 0.227 e. The van der Waals surface area contributed by atoms with Crippen molar-refractivity contribution in [3.8, 4) is 67.9 Å². The normalized spacial score (nSPS) is 11.2. The lowest BCUT2D eigenvalue weighted by molar-refractivity contribution is 0.620. The van der Waals surface area contributed by atoms with E-state index < -0.39 is 0 Å². The Balaban J connectivity index is 1.22. The third kappa shape index (κ3) is 5.45. The van der Waals surface area contributed by atoms with E-state index in [1.54, 1.807) is 0 Å². The van der Waals surface area contributed by atoms with E-state index in [1.165, 1.54) is 0 Å². The summed E-state index contributed by atoms with van der Waals surface area (Å²) in [5.41, 5.74) is 9.27. The van der Waals surface area contributed by atoms with Gasteiger partial charge in [0.2, 0.25) is 5.89 Å². The number of rotatable bonds is 6. The number of halogens is 1. The van der Waals surface area contributed by atoms with Crippen LogP contribution in [0.2, 0.25) is 5.02 Å². The molecule has 218 valence electrons. The van der Waals surface area contributed by atoms with Gasteiger partial charge in [0.1, 0.15) is 5.52 Å². The van der Waals surface area contributed by atoms with Gasteiger partial charge in [-0.2, -0.15) is 0 Å². The Bertz CT molecular complexity index is 2230. The van der Waals surface area contributed by atoms with E-state index in [1.807, 2.05) is 109 Å². The molecule has 0 fully saturated rings. The summed E-state index contributed by atoms with van der Waals surface area (Å²) in [6, 6.07) is 50.3. The van der Waals surface area contributed by atoms with Crippen molar-refractivity contribution in [2.24, 2.45) is 0 Å². The number of oxazole rings is 1. The maximum atomic E-state index is 6.34. The first kappa shape index (κ1) is 27.6. The van der Waals surface area contributed by atoms with E-state index in [-0.39, 0.29) is 0 Å². The molecule has 5 nitrogen and oxygen atoms in total. The quantitative estimate of drug-likeness (QED) is 0.187. The second-order valence-corrected chi connectivity index (χ2v) is 11.3. The minimum absolute atomic E-state index is 0.551. The summed E-state index contributed by atoms with van der Waals surface area (Å²) in [5, 5.41) is 0.667. The summed E-state index contributed by atoms with van der Waals surface area (Å²) in [6.07, 6.45) is 0. The summed E-state index contributed by atoms with van der Waals surface area (Å²) in [6.45, 7) is 0. The standard InChI is InChI=1S/C40H25ClN4O/c41-33-22-20-31(21-23-33)40-42-36-34(27-10-4-1-5-11-27)24-32(25-35(36)46-40)26-16-18-30(19-17-26)39-44-37(28-12-6-2-7-13-28)43-38(45-39)29-14-8-3-9-15-29/h1-25H. The van der Waals surface area contributed by atoms with Gasteiger partial charge in [0.05, 0.1) is 0 Å². The third-order valence-corrected chi connectivity index (χ3v) is 8.10. The monoisotopic (exact) mass is 612 g/mol. The van der Waals surface area contributed by atoms with Crippen molar-refractivity contribution >= 4 is 22.7 Å². The molecule has 0 bridgehead atoms. The summed E-state index contributed by atoms with van der Waals surface area (Å²) in [7, 11) is 0. The summed E-state index contributed by atoms with van der Waals surface area (Å²) in [4.78, 5) is 19.5. The van der Waals surface area contributed by atoms with Crippen LogP contribution < -0.4 is 0 Å². The molecule has 2 aromatic heterocycles. The van der Waals surface area contributed by atoms with Gasteiger partial charge in [-0.15, -0.1) is 0 Å². The Morgan fingerprint density at radius 2 is 0.848 bits per heavy atom. The first-order valence-corrected chi connectivity index (χ1v) is 15.3. The lowest BCUT2D eigenvalue weighted by atomic mass is 9.97. The van der Waals surface area contributed by atoms with Crippen LogP contribution in [0.1, 0.15) is 0 Å². The maximum Gasteiger partial charge on any atom is 0.227 e. The SMILES string of the molecule is Clc1ccc(-c2nc3c(-c4ccccc4)cc(-c4ccc(-c5nc(-c6ccccc6)nc(-c6ccccc6)n5)cc4)cc3o2)cc1. The Morgan fingerprint density at radius 3 is 1.39 bits per heavy atom. The molecule has 0 aliphatic rings. The lowest BCUT2D eigenvalue weighted by Gasteiger charge is -2.10. The molecule has 8 aromatic rings. The fourth-order valence-electron chi connectivity index (χ4n) is 5.50. The van der Waals surface area contributed by atoms with Crippen LogP contribution in [-0.4, -0.2) is 19.9 Å². The molecule has 0 atom stereocenters. The highest BCUT2D eigenvalue weighted by Gasteiger charge is 2.17. The van der Waals surface area contributed by atoms with E-state index in [2.05, 4.69) is 42.5 Å². The number of nitrogens with zero attached hydrogens (tertiary/aromatic N) is 4. The zero-order valence-corrected chi connectivity index (χ0v) is 25.3. The molecule has 0 aliphatic carbocycles. The predicted octanol–water partition coefficient (Wildman–Crippen LogP) is 10.7. The molecule has 8 rings (SSSR count). The minimum Gasteiger partial charge on any atom is -0.436 e. The molecule has 0 amide bonds. The van der Waals surface area contributed by atoms with E-state index in [4.69, 9.17) is 36.0 Å². The molecule has 0 aliphatic heterocycles. The van der Waals surface area contributed by atoms with Gasteiger partial charge in [-0.25, -0.2) is 19.9 Å². The van der Waals surface area contributed by atoms with Gasteiger partial charge < -0.3 is 4.42 Å². The topological polar surface area (TPSA) is 64.7 Å². The van der Waals surface area contributed by atoms with E-state index in [0.29, 0.717) is 34.0 Å². The van der Waals surface area contributed by atoms with Crippen LogP contribution in [-0.2, 0) is 0 Å². The van der Waals surface area contributed by atoms with Crippen molar-refractivity contribution in [1.82, 2.24) is 19.9 Å². The number of hydrogen-bond donors (Lipinski definition) is 0. The molecule has 0 saturated carbocycles. The Hall–Kier alpha value is -5.91. The highest BCUT2D eigenvalue weighted by Crippen LogP contribution is 2.37. The van der Waals surface area contributed by atoms with Gasteiger partial charge in [-0.3, -0.25) is 0 Å². The molecular formula is C40H25ClN4O. The van der Waals surface area contributed by atoms with Gasteiger partial charge in [0.25, 0.3) is 0 Å². The fraction of sp³-hybridized carbons (Fsp3) is 0. The molecule has 0 unspecified atom stereocenters. The maximum absolute atomic E-state index is 6.34. The molecule has 0 spiro atoms. The zero-order valence-electron chi connectivity index (χ0n) is 24.5. The predicted molar refractivity (Wildman–Crippen MR) is 185 cm³/mol. The van der Waals surface area contributed by atoms with Crippen molar-refractivity contribution < 1.29 is 4.42 Å². The summed E-state index contributed by atoms with van der Waals surface area (Å²) in [5.74, 6) is 2.43. The van der Waals surface area contributed by atoms with Gasteiger partial charge >= 0.3 is 0 Å². The molecule has 0 N–H and O–H groups in total. The van der Waals surface area contributed by atoms with E-state index in [0.717, 1.165) is 50.0 Å². The summed E-state index contributed by atoms with van der Waals surface area (Å²) >= 11 is 6.13. The first-order valence-electron chi connectivity index (χ1n) is 14.9. The van der Waals surface area contributed by atoms with E-state index in [9.17, 15) is 0 Å². The highest BCUT2D eigenvalue weighted by molar-refractivity contribution is 6.30. The minimum atomic E-state index is 0.551. The van der Waals surface area contributed by atoms with Gasteiger partial charge in [-0.1, -0.05) is 127 Å². The first-order chi connectivity index (χ1) is 22.7. The fourth-order valence-corrected chi connectivity index (χ4v) is 5.63. The van der Waals surface area contributed by atoms with Crippen molar-refractivity contribution in [2.75, 3.05) is 0 Å². The van der Waals surface area contributed by atoms with Crippen LogP contribution in [0.4, 0.5) is 0 Å². The molecule has 0 saturated heterocycles. The summed E-state index contributed by atoms with van der Waals surface area (Å²) < 4.78 is 6.34. The molecule has 2 heterocycles. The molecule has 0 radical (unpaired) electrons. The van der Waals surface area contributed by atoms with Crippen molar-refractivity contribution in [3.63, 3.8) is 0 Å². The third-order valence-electron chi connectivity index (χ3n) is 7.85. The van der Waals surface area contributed by atoms with Crippen LogP contribution in [0, 0.1) is 0 Å². The molecule has 6 heteroatoms. The van der Waals surface area contributed by atoms with Crippen LogP contribution >= 0.6 is 11.6 Å². The second kappa shape index (κ2) is 11.9. The van der Waals surface area contributed by atoms with Crippen molar-refractivity contribution in [1.29, 1.82) is 0 Å². The highest BCUT2D eigenvalue weighted by atomic mass is 35.5. The van der Waals surface area contributed by atoms with Gasteiger partial charge in [0, 0.05) is 32.8 Å². The Labute approximate surface area is 270 Å². The number of fused-ring (bicyclic) bond motifs is 1. The van der Waals surface area contributed by atoms with Crippen LogP contribution in [0.5, 0.6) is 0 Å². The molecular weight excluding hydrogens is 588 g/mol. The molecule has 46 heavy (non-hydrogen) atoms. The molecule has 6 aromatic carbocycles. The Kier molecular flexibility index (Phi) is 7.14. The van der Waals surface area contributed by atoms with E-state index >= 15 is 0 Å². The number of benzene rings is 6. The number of aromatic nitrogens is 4. The van der Waals surface area contributed by atoms with Crippen LogP contribution in [0.3, 0.4) is 0 Å². The second-order valence-electron chi connectivity index (χ2n) is 10.9. The van der Waals surface area contributed by atoms with Gasteiger partial charge in [-0.05, 0) is 53.1 Å².